The molecule has 1 saturated heterocycles. The number of nitrogens with zero attached hydrogens (tertiary/aromatic N) is 2. The third kappa shape index (κ3) is 3.98. The quantitative estimate of drug-likeness (QED) is 0.651. The minimum absolute atomic E-state index is 0.0889. The van der Waals surface area contributed by atoms with Crippen molar-refractivity contribution < 1.29 is 14.3 Å². The lowest BCUT2D eigenvalue weighted by atomic mass is 10.1. The molecule has 3 rings (SSSR count). The van der Waals surface area contributed by atoms with E-state index >= 15 is 0 Å². The summed E-state index contributed by atoms with van der Waals surface area (Å²) in [6.07, 6.45) is 1.62. The number of thioether (sulfide) groups is 1. The number of imide groups is 1. The van der Waals surface area contributed by atoms with Crippen LogP contribution in [0, 0.1) is 11.3 Å². The van der Waals surface area contributed by atoms with Gasteiger partial charge in [-0.3, -0.25) is 14.5 Å². The van der Waals surface area contributed by atoms with Gasteiger partial charge < -0.3 is 4.74 Å². The minimum atomic E-state index is -0.342. The predicted molar refractivity (Wildman–Crippen MR) is 103 cm³/mol. The van der Waals surface area contributed by atoms with Gasteiger partial charge in [0.05, 0.1) is 11.4 Å². The number of amides is 2. The third-order valence-corrected chi connectivity index (χ3v) is 5.34. The molecule has 1 aliphatic heterocycles. The van der Waals surface area contributed by atoms with Crippen LogP contribution in [0.5, 0.6) is 5.75 Å². The fraction of sp³-hybridized carbons (Fsp3) is 0.105. The zero-order chi connectivity index (χ0) is 18.5. The molecule has 26 heavy (non-hydrogen) atoms. The van der Waals surface area contributed by atoms with Crippen molar-refractivity contribution in [3.8, 4) is 11.8 Å². The molecule has 0 atom stereocenters. The van der Waals surface area contributed by atoms with Crippen molar-refractivity contribution in [3.05, 3.63) is 69.0 Å². The maximum Gasteiger partial charge on any atom is 0.293 e. The molecule has 0 aliphatic carbocycles. The van der Waals surface area contributed by atoms with Crippen LogP contribution < -0.4 is 4.74 Å². The number of ether oxygens (including phenoxy) is 1. The van der Waals surface area contributed by atoms with Gasteiger partial charge in [-0.2, -0.15) is 5.26 Å². The summed E-state index contributed by atoms with van der Waals surface area (Å²) in [6.45, 7) is 0.115. The second kappa shape index (κ2) is 8.21. The SMILES string of the molecule is N#CCOc1ccccc1/C=C1\SC(=O)N(Cc2ccccc2Br)C1=O. The average molecular weight is 429 g/mol. The summed E-state index contributed by atoms with van der Waals surface area (Å²) >= 11 is 4.33. The first-order chi connectivity index (χ1) is 12.6. The van der Waals surface area contributed by atoms with Crippen LogP contribution >= 0.6 is 27.7 Å². The Bertz CT molecular complexity index is 936. The molecule has 130 valence electrons. The lowest BCUT2D eigenvalue weighted by molar-refractivity contribution is -0.123. The van der Waals surface area contributed by atoms with Crippen LogP contribution in [0.15, 0.2) is 57.9 Å². The first-order valence-electron chi connectivity index (χ1n) is 7.67. The molecular weight excluding hydrogens is 416 g/mol. The number of nitriles is 1. The topological polar surface area (TPSA) is 70.4 Å². The van der Waals surface area contributed by atoms with E-state index in [0.29, 0.717) is 16.2 Å². The van der Waals surface area contributed by atoms with Crippen molar-refractivity contribution in [2.75, 3.05) is 6.61 Å². The van der Waals surface area contributed by atoms with Crippen molar-refractivity contribution in [2.45, 2.75) is 6.54 Å². The van der Waals surface area contributed by atoms with Gasteiger partial charge in [-0.15, -0.1) is 0 Å². The Kier molecular flexibility index (Phi) is 5.76. The Morgan fingerprint density at radius 3 is 2.65 bits per heavy atom. The molecule has 0 radical (unpaired) electrons. The van der Waals surface area contributed by atoms with E-state index in [2.05, 4.69) is 15.9 Å². The lowest BCUT2D eigenvalue weighted by Gasteiger charge is -2.13. The molecule has 1 heterocycles. The van der Waals surface area contributed by atoms with Gasteiger partial charge >= 0.3 is 0 Å². The molecule has 0 aromatic heterocycles. The number of para-hydroxylation sites is 1. The Labute approximate surface area is 163 Å². The fourth-order valence-corrected chi connectivity index (χ4v) is 3.66. The van der Waals surface area contributed by atoms with Crippen LogP contribution in [0.4, 0.5) is 4.79 Å². The second-order valence-electron chi connectivity index (χ2n) is 5.34. The highest BCUT2D eigenvalue weighted by Crippen LogP contribution is 2.35. The van der Waals surface area contributed by atoms with Crippen molar-refractivity contribution in [1.82, 2.24) is 4.90 Å². The Hall–Kier alpha value is -2.56. The summed E-state index contributed by atoms with van der Waals surface area (Å²) in [5, 5.41) is 8.36. The van der Waals surface area contributed by atoms with Crippen LogP contribution in [-0.4, -0.2) is 22.7 Å². The number of rotatable bonds is 5. The van der Waals surface area contributed by atoms with Crippen LogP contribution in [0.25, 0.3) is 6.08 Å². The summed E-state index contributed by atoms with van der Waals surface area (Å²) < 4.78 is 6.21. The van der Waals surface area contributed by atoms with Gasteiger partial charge in [0.2, 0.25) is 0 Å². The Balaban J connectivity index is 1.84. The van der Waals surface area contributed by atoms with Gasteiger partial charge in [0.1, 0.15) is 11.8 Å². The zero-order valence-electron chi connectivity index (χ0n) is 13.5. The molecule has 2 amide bonds. The molecule has 5 nitrogen and oxygen atoms in total. The second-order valence-corrected chi connectivity index (χ2v) is 7.19. The normalized spacial score (nSPS) is 15.4. The van der Waals surface area contributed by atoms with Gasteiger partial charge in [-0.25, -0.2) is 0 Å². The molecule has 0 spiro atoms. The van der Waals surface area contributed by atoms with E-state index in [1.165, 1.54) is 4.90 Å². The van der Waals surface area contributed by atoms with E-state index < -0.39 is 0 Å². The van der Waals surface area contributed by atoms with Gasteiger partial charge in [-0.1, -0.05) is 52.3 Å². The average Bonchev–Trinajstić information content (AvgIpc) is 2.90. The molecule has 1 aliphatic rings. The smallest absolute Gasteiger partial charge is 0.293 e. The van der Waals surface area contributed by atoms with Crippen molar-refractivity contribution in [1.29, 1.82) is 5.26 Å². The predicted octanol–water partition coefficient (Wildman–Crippen LogP) is 4.59. The number of halogens is 1. The molecule has 2 aromatic carbocycles. The summed E-state index contributed by atoms with van der Waals surface area (Å²) in [5.74, 6) is 0.150. The van der Waals surface area contributed by atoms with E-state index in [9.17, 15) is 9.59 Å². The van der Waals surface area contributed by atoms with E-state index in [0.717, 1.165) is 21.8 Å². The number of benzene rings is 2. The number of hydrogen-bond donors (Lipinski definition) is 0. The maximum atomic E-state index is 12.7. The number of carbonyl (C=O) groups is 2. The number of carbonyl (C=O) groups excluding carboxylic acids is 2. The molecule has 2 aromatic rings. The standard InChI is InChI=1S/C19H13BrN2O3S/c20-15-7-3-1-6-14(15)12-22-18(23)17(26-19(22)24)11-13-5-2-4-8-16(13)25-10-9-21/h1-8,11H,10,12H2/b17-11-. The third-order valence-electron chi connectivity index (χ3n) is 3.66. The maximum absolute atomic E-state index is 12.7. The van der Waals surface area contributed by atoms with Crippen LogP contribution in [-0.2, 0) is 11.3 Å². The first kappa shape index (κ1) is 18.2. The van der Waals surface area contributed by atoms with Gasteiger partial charge in [0.15, 0.2) is 6.61 Å². The van der Waals surface area contributed by atoms with Gasteiger partial charge in [-0.05, 0) is 35.5 Å². The summed E-state index contributed by atoms with van der Waals surface area (Å²) in [7, 11) is 0. The molecule has 1 fully saturated rings. The Morgan fingerprint density at radius 2 is 1.88 bits per heavy atom. The number of hydrogen-bond acceptors (Lipinski definition) is 5. The minimum Gasteiger partial charge on any atom is -0.478 e. The highest BCUT2D eigenvalue weighted by molar-refractivity contribution is 9.10. The largest absolute Gasteiger partial charge is 0.478 e. The highest BCUT2D eigenvalue weighted by Gasteiger charge is 2.35. The van der Waals surface area contributed by atoms with Crippen molar-refractivity contribution in [2.24, 2.45) is 0 Å². The van der Waals surface area contributed by atoms with Crippen LogP contribution in [0.2, 0.25) is 0 Å². The summed E-state index contributed by atoms with van der Waals surface area (Å²) in [6, 6.07) is 16.4. The Morgan fingerprint density at radius 1 is 1.15 bits per heavy atom. The van der Waals surface area contributed by atoms with E-state index in [4.69, 9.17) is 10.00 Å². The summed E-state index contributed by atoms with van der Waals surface area (Å²) in [4.78, 5) is 26.5. The molecular formula is C19H13BrN2O3S. The van der Waals surface area contributed by atoms with Gasteiger partial charge in [0.25, 0.3) is 11.1 Å². The molecule has 0 N–H and O–H groups in total. The molecule has 7 heteroatoms. The highest BCUT2D eigenvalue weighted by atomic mass is 79.9. The van der Waals surface area contributed by atoms with E-state index in [-0.39, 0.29) is 24.3 Å². The zero-order valence-corrected chi connectivity index (χ0v) is 15.9. The van der Waals surface area contributed by atoms with E-state index in [1.807, 2.05) is 30.3 Å². The molecule has 0 saturated carbocycles. The van der Waals surface area contributed by atoms with Crippen LogP contribution in [0.1, 0.15) is 11.1 Å². The monoisotopic (exact) mass is 428 g/mol. The van der Waals surface area contributed by atoms with E-state index in [1.54, 1.807) is 30.3 Å². The van der Waals surface area contributed by atoms with Crippen molar-refractivity contribution >= 4 is 44.9 Å². The van der Waals surface area contributed by atoms with Crippen molar-refractivity contribution in [3.63, 3.8) is 0 Å². The molecule has 0 unspecified atom stereocenters. The summed E-state index contributed by atoms with van der Waals surface area (Å²) in [5.41, 5.74) is 1.50. The lowest BCUT2D eigenvalue weighted by Crippen LogP contribution is -2.27. The van der Waals surface area contributed by atoms with Crippen LogP contribution in [0.3, 0.4) is 0 Å². The fourth-order valence-electron chi connectivity index (χ4n) is 2.42. The first-order valence-corrected chi connectivity index (χ1v) is 9.28. The molecule has 0 bridgehead atoms. The van der Waals surface area contributed by atoms with Gasteiger partial charge in [0, 0.05) is 10.0 Å².